The highest BCUT2D eigenvalue weighted by Gasteiger charge is 2.10. The second kappa shape index (κ2) is 10.4. The second-order valence-electron chi connectivity index (χ2n) is 8.24. The lowest BCUT2D eigenvalue weighted by atomic mass is 10.1. The molecule has 0 bridgehead atoms. The fraction of sp³-hybridized carbons (Fsp3) is 0.0667. The van der Waals surface area contributed by atoms with Crippen molar-refractivity contribution in [1.29, 1.82) is 0 Å². The first-order chi connectivity index (χ1) is 17.1. The van der Waals surface area contributed by atoms with Crippen molar-refractivity contribution < 1.29 is 4.74 Å². The third-order valence-corrected chi connectivity index (χ3v) is 5.84. The van der Waals surface area contributed by atoms with Crippen LogP contribution in [0.1, 0.15) is 16.7 Å². The Morgan fingerprint density at radius 3 is 2.29 bits per heavy atom. The zero-order valence-electron chi connectivity index (χ0n) is 19.3. The summed E-state index contributed by atoms with van der Waals surface area (Å²) in [6.45, 7) is 2.57. The summed E-state index contributed by atoms with van der Waals surface area (Å²) in [5.74, 6) is 1.56. The van der Waals surface area contributed by atoms with Crippen LogP contribution in [0.3, 0.4) is 0 Å². The van der Waals surface area contributed by atoms with Gasteiger partial charge in [0.1, 0.15) is 12.4 Å². The summed E-state index contributed by atoms with van der Waals surface area (Å²) in [4.78, 5) is 4.77. The zero-order valence-corrected chi connectivity index (χ0v) is 20.1. The lowest BCUT2D eigenvalue weighted by Crippen LogP contribution is -1.96. The van der Waals surface area contributed by atoms with Gasteiger partial charge in [-0.05, 0) is 66.6 Å². The molecule has 0 radical (unpaired) electrons. The highest BCUT2D eigenvalue weighted by atomic mass is 35.5. The molecule has 0 fully saturated rings. The predicted molar refractivity (Wildman–Crippen MR) is 143 cm³/mol. The molecular formula is C30H24ClN3O. The Balaban J connectivity index is 1.35. The minimum atomic E-state index is 0.489. The molecule has 0 aliphatic carbocycles. The Bertz CT molecular complexity index is 1420. The number of rotatable bonds is 7. The molecule has 4 aromatic carbocycles. The van der Waals surface area contributed by atoms with Gasteiger partial charge in [0.2, 0.25) is 0 Å². The highest BCUT2D eigenvalue weighted by Crippen LogP contribution is 2.27. The van der Waals surface area contributed by atoms with Crippen LogP contribution in [0.5, 0.6) is 5.75 Å². The average Bonchev–Trinajstić information content (AvgIpc) is 3.33. The molecule has 0 atom stereocenters. The fourth-order valence-corrected chi connectivity index (χ4v) is 3.75. The standard InChI is InChI=1S/C30H24ClN3O/c1-22-7-13-25(14-8-22)29-19-30(34(33-29)27-5-3-2-4-6-27)32-20-23-11-17-28(18-12-23)35-21-24-9-15-26(31)16-10-24/h2-20H,21H2,1H3. The van der Waals surface area contributed by atoms with Gasteiger partial charge in [0.05, 0.1) is 11.4 Å². The lowest BCUT2D eigenvalue weighted by Gasteiger charge is -2.06. The first-order valence-electron chi connectivity index (χ1n) is 11.4. The molecule has 0 saturated heterocycles. The molecule has 172 valence electrons. The smallest absolute Gasteiger partial charge is 0.156 e. The van der Waals surface area contributed by atoms with Crippen LogP contribution in [0, 0.1) is 6.92 Å². The van der Waals surface area contributed by atoms with Gasteiger partial charge in [0.15, 0.2) is 5.82 Å². The molecule has 5 aromatic rings. The highest BCUT2D eigenvalue weighted by molar-refractivity contribution is 6.30. The normalized spacial score (nSPS) is 11.1. The predicted octanol–water partition coefficient (Wildman–Crippen LogP) is 7.83. The van der Waals surface area contributed by atoms with E-state index in [0.717, 1.165) is 44.7 Å². The molecule has 1 aromatic heterocycles. The molecule has 0 N–H and O–H groups in total. The van der Waals surface area contributed by atoms with E-state index in [4.69, 9.17) is 26.4 Å². The van der Waals surface area contributed by atoms with Crippen molar-refractivity contribution in [3.63, 3.8) is 0 Å². The summed E-state index contributed by atoms with van der Waals surface area (Å²) in [5, 5.41) is 5.56. The number of aryl methyl sites for hydroxylation is 1. The maximum Gasteiger partial charge on any atom is 0.156 e. The number of hydrogen-bond acceptors (Lipinski definition) is 3. The summed E-state index contributed by atoms with van der Waals surface area (Å²) >= 11 is 5.94. The molecule has 0 spiro atoms. The molecule has 0 amide bonds. The van der Waals surface area contributed by atoms with E-state index in [1.807, 2.05) is 95.8 Å². The molecule has 0 saturated carbocycles. The zero-order chi connectivity index (χ0) is 24.0. The minimum absolute atomic E-state index is 0.489. The van der Waals surface area contributed by atoms with Gasteiger partial charge in [-0.3, -0.25) is 0 Å². The van der Waals surface area contributed by atoms with E-state index in [2.05, 4.69) is 31.2 Å². The SMILES string of the molecule is Cc1ccc(-c2cc(N=Cc3ccc(OCc4ccc(Cl)cc4)cc3)n(-c3ccccc3)n2)cc1. The van der Waals surface area contributed by atoms with Crippen LogP contribution in [0.4, 0.5) is 5.82 Å². The summed E-state index contributed by atoms with van der Waals surface area (Å²) in [7, 11) is 0. The molecule has 0 unspecified atom stereocenters. The summed E-state index contributed by atoms with van der Waals surface area (Å²) in [6, 6.07) is 35.9. The van der Waals surface area contributed by atoms with E-state index in [-0.39, 0.29) is 0 Å². The Kier molecular flexibility index (Phi) is 6.73. The molecule has 5 heteroatoms. The number of benzene rings is 4. The topological polar surface area (TPSA) is 39.4 Å². The van der Waals surface area contributed by atoms with Gasteiger partial charge in [-0.1, -0.05) is 71.8 Å². The van der Waals surface area contributed by atoms with Crippen LogP contribution in [0.15, 0.2) is 114 Å². The summed E-state index contributed by atoms with van der Waals surface area (Å²) in [5.41, 5.74) is 6.16. The van der Waals surface area contributed by atoms with Crippen molar-refractivity contribution in [3.05, 3.63) is 131 Å². The van der Waals surface area contributed by atoms with Gasteiger partial charge in [0, 0.05) is 22.9 Å². The van der Waals surface area contributed by atoms with Crippen molar-refractivity contribution in [3.8, 4) is 22.7 Å². The van der Waals surface area contributed by atoms with Gasteiger partial charge in [-0.15, -0.1) is 0 Å². The van der Waals surface area contributed by atoms with Crippen molar-refractivity contribution >= 4 is 23.6 Å². The number of aromatic nitrogens is 2. The van der Waals surface area contributed by atoms with Gasteiger partial charge >= 0.3 is 0 Å². The number of nitrogens with zero attached hydrogens (tertiary/aromatic N) is 3. The number of aliphatic imine (C=N–C) groups is 1. The number of para-hydroxylation sites is 1. The second-order valence-corrected chi connectivity index (χ2v) is 8.68. The maximum absolute atomic E-state index is 5.94. The lowest BCUT2D eigenvalue weighted by molar-refractivity contribution is 0.306. The molecule has 5 rings (SSSR count). The van der Waals surface area contributed by atoms with Crippen LogP contribution in [0.25, 0.3) is 16.9 Å². The molecule has 35 heavy (non-hydrogen) atoms. The molecule has 0 aliphatic heterocycles. The molecule has 1 heterocycles. The Morgan fingerprint density at radius 2 is 1.57 bits per heavy atom. The van der Waals surface area contributed by atoms with Crippen LogP contribution in [-0.4, -0.2) is 16.0 Å². The monoisotopic (exact) mass is 477 g/mol. The van der Waals surface area contributed by atoms with Crippen molar-refractivity contribution in [2.24, 2.45) is 4.99 Å². The number of halogens is 1. The first-order valence-corrected chi connectivity index (χ1v) is 11.8. The van der Waals surface area contributed by atoms with E-state index in [1.54, 1.807) is 0 Å². The van der Waals surface area contributed by atoms with E-state index in [0.29, 0.717) is 6.61 Å². The minimum Gasteiger partial charge on any atom is -0.489 e. The Hall–Kier alpha value is -4.15. The quantitative estimate of drug-likeness (QED) is 0.224. The number of ether oxygens (including phenoxy) is 1. The third-order valence-electron chi connectivity index (χ3n) is 5.58. The van der Waals surface area contributed by atoms with Crippen LogP contribution < -0.4 is 4.74 Å². The van der Waals surface area contributed by atoms with Crippen molar-refractivity contribution in [2.45, 2.75) is 13.5 Å². The Labute approximate surface area is 210 Å². The Morgan fingerprint density at radius 1 is 0.857 bits per heavy atom. The summed E-state index contributed by atoms with van der Waals surface area (Å²) < 4.78 is 7.76. The van der Waals surface area contributed by atoms with E-state index < -0.39 is 0 Å². The fourth-order valence-electron chi connectivity index (χ4n) is 3.63. The van der Waals surface area contributed by atoms with E-state index in [1.165, 1.54) is 5.56 Å². The maximum atomic E-state index is 5.94. The summed E-state index contributed by atoms with van der Waals surface area (Å²) in [6.07, 6.45) is 1.85. The molecule has 4 nitrogen and oxygen atoms in total. The van der Waals surface area contributed by atoms with Crippen LogP contribution in [-0.2, 0) is 6.61 Å². The van der Waals surface area contributed by atoms with Crippen LogP contribution >= 0.6 is 11.6 Å². The number of hydrogen-bond donors (Lipinski definition) is 0. The van der Waals surface area contributed by atoms with Gasteiger partial charge in [-0.2, -0.15) is 5.10 Å². The van der Waals surface area contributed by atoms with E-state index >= 15 is 0 Å². The average molecular weight is 478 g/mol. The van der Waals surface area contributed by atoms with Crippen molar-refractivity contribution in [1.82, 2.24) is 9.78 Å². The van der Waals surface area contributed by atoms with Crippen molar-refractivity contribution in [2.75, 3.05) is 0 Å². The first kappa shape index (κ1) is 22.6. The van der Waals surface area contributed by atoms with E-state index in [9.17, 15) is 0 Å². The van der Waals surface area contributed by atoms with Gasteiger partial charge in [-0.25, -0.2) is 9.67 Å². The largest absolute Gasteiger partial charge is 0.489 e. The van der Waals surface area contributed by atoms with Gasteiger partial charge in [0.25, 0.3) is 0 Å². The van der Waals surface area contributed by atoms with Crippen LogP contribution in [0.2, 0.25) is 5.02 Å². The molecule has 0 aliphatic rings. The third kappa shape index (κ3) is 5.68. The molecular weight excluding hydrogens is 454 g/mol. The van der Waals surface area contributed by atoms with Gasteiger partial charge < -0.3 is 4.74 Å².